The number of aromatic amines is 1. The second-order valence-electron chi connectivity index (χ2n) is 8.56. The molecule has 1 aliphatic heterocycles. The Morgan fingerprint density at radius 3 is 2.49 bits per heavy atom. The molecule has 1 aliphatic carbocycles. The number of carbonyl (C=O) groups excluding carboxylic acids is 1. The van der Waals surface area contributed by atoms with Gasteiger partial charge in [0.1, 0.15) is 23.7 Å². The van der Waals surface area contributed by atoms with Crippen molar-refractivity contribution in [3.63, 3.8) is 0 Å². The number of aliphatic hydroxyl groups is 1. The van der Waals surface area contributed by atoms with E-state index < -0.39 is 0 Å². The van der Waals surface area contributed by atoms with Gasteiger partial charge in [-0.15, -0.1) is 0 Å². The number of H-pyrrole nitrogens is 1. The van der Waals surface area contributed by atoms with Crippen LogP contribution in [0.15, 0.2) is 60.9 Å². The second-order valence-corrected chi connectivity index (χ2v) is 8.56. The molecule has 0 bridgehead atoms. The summed E-state index contributed by atoms with van der Waals surface area (Å²) in [6.07, 6.45) is 3.31. The summed E-state index contributed by atoms with van der Waals surface area (Å²) in [6, 6.07) is 17.1. The maximum absolute atomic E-state index is 11.4. The Bertz CT molecular complexity index is 1300. The van der Waals surface area contributed by atoms with Gasteiger partial charge >= 0.3 is 0 Å². The third kappa shape index (κ3) is 6.73. The minimum Gasteiger partial charge on any atom is -0.497 e. The average molecular weight is 504 g/mol. The van der Waals surface area contributed by atoms with E-state index in [-0.39, 0.29) is 17.9 Å². The Morgan fingerprint density at radius 2 is 1.81 bits per heavy atom. The molecule has 0 unspecified atom stereocenters. The first-order valence-corrected chi connectivity index (χ1v) is 12.5. The van der Waals surface area contributed by atoms with Crippen molar-refractivity contribution in [2.75, 3.05) is 35.7 Å². The van der Waals surface area contributed by atoms with Gasteiger partial charge in [-0.3, -0.25) is 9.89 Å². The number of aromatic nitrogens is 4. The topological polar surface area (TPSA) is 128 Å². The molecule has 2 aromatic heterocycles. The van der Waals surface area contributed by atoms with E-state index in [4.69, 9.17) is 4.74 Å². The molecule has 10 heteroatoms. The highest BCUT2D eigenvalue weighted by molar-refractivity contribution is 5.94. The molecular weight excluding hydrogens is 470 g/mol. The van der Waals surface area contributed by atoms with Crippen molar-refractivity contribution in [3.05, 3.63) is 60.9 Å². The maximum atomic E-state index is 11.4. The zero-order valence-electron chi connectivity index (χ0n) is 21.3. The van der Waals surface area contributed by atoms with Gasteiger partial charge in [0.05, 0.1) is 18.7 Å². The van der Waals surface area contributed by atoms with Gasteiger partial charge in [0.25, 0.3) is 0 Å². The van der Waals surface area contributed by atoms with Gasteiger partial charge in [0.2, 0.25) is 5.91 Å². The fraction of sp³-hybridized carbons (Fsp3) is 0.333. The first kappa shape index (κ1) is 25.9. The number of rotatable bonds is 6. The molecule has 2 aliphatic rings. The van der Waals surface area contributed by atoms with Crippen LogP contribution in [-0.2, 0) is 4.79 Å². The summed E-state index contributed by atoms with van der Waals surface area (Å²) in [5.74, 6) is 3.40. The highest BCUT2D eigenvalue weighted by Crippen LogP contribution is 2.30. The molecule has 194 valence electrons. The van der Waals surface area contributed by atoms with E-state index in [9.17, 15) is 9.90 Å². The first-order valence-electron chi connectivity index (χ1n) is 12.5. The fourth-order valence-corrected chi connectivity index (χ4v) is 3.67. The largest absolute Gasteiger partial charge is 0.497 e. The van der Waals surface area contributed by atoms with E-state index in [1.165, 1.54) is 6.33 Å². The van der Waals surface area contributed by atoms with Crippen LogP contribution in [0.4, 0.5) is 23.1 Å². The Labute approximate surface area is 216 Å². The fourth-order valence-electron chi connectivity index (χ4n) is 3.67. The van der Waals surface area contributed by atoms with E-state index in [1.807, 2.05) is 73.3 Å². The molecule has 37 heavy (non-hydrogen) atoms. The van der Waals surface area contributed by atoms with Crippen molar-refractivity contribution in [2.24, 2.45) is 5.92 Å². The van der Waals surface area contributed by atoms with Gasteiger partial charge in [0, 0.05) is 36.1 Å². The van der Waals surface area contributed by atoms with Crippen LogP contribution in [-0.4, -0.2) is 57.5 Å². The second kappa shape index (κ2) is 12.2. The first-order chi connectivity index (χ1) is 18.1. The van der Waals surface area contributed by atoms with Crippen molar-refractivity contribution in [1.82, 2.24) is 20.2 Å². The highest BCUT2D eigenvalue weighted by Gasteiger charge is 2.29. The number of hydrogen-bond acceptors (Lipinski definition) is 8. The van der Waals surface area contributed by atoms with Gasteiger partial charge in [-0.25, -0.2) is 9.97 Å². The molecule has 4 N–H and O–H groups in total. The molecule has 1 amide bonds. The lowest BCUT2D eigenvalue weighted by Crippen LogP contribution is -2.51. The number of aliphatic hydroxyl groups excluding tert-OH is 1. The molecular formula is C27H33N7O3. The number of carbonyl (C=O) groups is 1. The number of methoxy groups -OCH3 is 1. The van der Waals surface area contributed by atoms with E-state index in [2.05, 4.69) is 30.8 Å². The van der Waals surface area contributed by atoms with Crippen molar-refractivity contribution >= 4 is 40.0 Å². The molecule has 2 aromatic carbocycles. The summed E-state index contributed by atoms with van der Waals surface area (Å²) >= 11 is 0. The summed E-state index contributed by atoms with van der Waals surface area (Å²) in [5, 5.41) is 23.7. The van der Waals surface area contributed by atoms with Crippen molar-refractivity contribution in [2.45, 2.75) is 32.8 Å². The molecule has 10 nitrogen and oxygen atoms in total. The lowest BCUT2D eigenvalue weighted by atomic mass is 10.2. The number of fused-ring (bicyclic) bond motifs is 1. The molecule has 0 atom stereocenters. The van der Waals surface area contributed by atoms with Crippen molar-refractivity contribution < 1.29 is 14.6 Å². The SMILES string of the molecule is CC.COc1ccc(NC(=O)C2CC2)cc1.OC1CN(c2cc(Nc3n[nH]c4ccccc34)ncn2)C1. The number of benzene rings is 2. The number of hydrogen-bond donors (Lipinski definition) is 4. The monoisotopic (exact) mass is 503 g/mol. The standard InChI is InChI=1S/C14H14N6O.C11H13NO2.C2H6/c21-9-6-20(7-9)13-5-12(15-8-16-13)17-14-10-3-1-2-4-11(10)18-19-14;1-14-10-6-4-9(5-7-10)12-11(13)8-2-3-8;1-2/h1-5,8-9,21H,6-7H2,(H2,15,16,17,18,19);4-8H,2-3H2,1H3,(H,12,13);1-2H3. The van der Waals surface area contributed by atoms with Crippen LogP contribution >= 0.6 is 0 Å². The van der Waals surface area contributed by atoms with Crippen LogP contribution in [0.5, 0.6) is 5.75 Å². The smallest absolute Gasteiger partial charge is 0.227 e. The molecule has 2 fully saturated rings. The number of anilines is 4. The maximum Gasteiger partial charge on any atom is 0.227 e. The zero-order chi connectivity index (χ0) is 26.2. The summed E-state index contributed by atoms with van der Waals surface area (Å²) in [4.78, 5) is 21.8. The summed E-state index contributed by atoms with van der Waals surface area (Å²) in [7, 11) is 1.62. The van der Waals surface area contributed by atoms with E-state index in [0.717, 1.165) is 46.8 Å². The molecule has 0 spiro atoms. The van der Waals surface area contributed by atoms with E-state index >= 15 is 0 Å². The number of para-hydroxylation sites is 1. The summed E-state index contributed by atoms with van der Waals surface area (Å²) in [5.41, 5.74) is 1.81. The average Bonchev–Trinajstić information content (AvgIpc) is 3.71. The molecule has 1 saturated heterocycles. The molecule has 6 rings (SSSR count). The lowest BCUT2D eigenvalue weighted by Gasteiger charge is -2.36. The number of ether oxygens (including phenoxy) is 1. The number of nitrogens with one attached hydrogen (secondary N) is 3. The van der Waals surface area contributed by atoms with E-state index in [0.29, 0.717) is 18.9 Å². The normalized spacial score (nSPS) is 14.4. The van der Waals surface area contributed by atoms with Crippen LogP contribution < -0.4 is 20.3 Å². The number of β-amino-alcohol motifs (C(OH)–C–C–N with tert-alkyl or cyclic N) is 1. The third-order valence-corrected chi connectivity index (χ3v) is 5.86. The Morgan fingerprint density at radius 1 is 1.08 bits per heavy atom. The minimum absolute atomic E-state index is 0.134. The van der Waals surface area contributed by atoms with Crippen LogP contribution in [0.1, 0.15) is 26.7 Å². The van der Waals surface area contributed by atoms with Gasteiger partial charge in [0.15, 0.2) is 5.82 Å². The van der Waals surface area contributed by atoms with Gasteiger partial charge < -0.3 is 25.4 Å². The van der Waals surface area contributed by atoms with Crippen LogP contribution in [0, 0.1) is 5.92 Å². The third-order valence-electron chi connectivity index (χ3n) is 5.86. The van der Waals surface area contributed by atoms with Crippen LogP contribution in [0.3, 0.4) is 0 Å². The predicted octanol–water partition coefficient (Wildman–Crippen LogP) is 4.35. The summed E-state index contributed by atoms with van der Waals surface area (Å²) < 4.78 is 5.02. The van der Waals surface area contributed by atoms with Gasteiger partial charge in [-0.05, 0) is 49.2 Å². The minimum atomic E-state index is -0.258. The molecule has 1 saturated carbocycles. The quantitative estimate of drug-likeness (QED) is 0.306. The van der Waals surface area contributed by atoms with Crippen molar-refractivity contribution in [1.29, 1.82) is 0 Å². The number of nitrogens with zero attached hydrogens (tertiary/aromatic N) is 4. The Kier molecular flexibility index (Phi) is 8.52. The molecule has 3 heterocycles. The van der Waals surface area contributed by atoms with Gasteiger partial charge in [-0.2, -0.15) is 5.10 Å². The highest BCUT2D eigenvalue weighted by atomic mass is 16.5. The molecule has 0 radical (unpaired) electrons. The lowest BCUT2D eigenvalue weighted by molar-refractivity contribution is -0.117. The molecule has 4 aromatic rings. The van der Waals surface area contributed by atoms with Gasteiger partial charge in [-0.1, -0.05) is 26.0 Å². The summed E-state index contributed by atoms with van der Waals surface area (Å²) in [6.45, 7) is 5.23. The predicted molar refractivity (Wildman–Crippen MR) is 145 cm³/mol. The van der Waals surface area contributed by atoms with Crippen LogP contribution in [0.25, 0.3) is 10.9 Å². The van der Waals surface area contributed by atoms with Crippen molar-refractivity contribution in [3.8, 4) is 5.75 Å². The number of amides is 1. The van der Waals surface area contributed by atoms with E-state index in [1.54, 1.807) is 7.11 Å². The van der Waals surface area contributed by atoms with Crippen LogP contribution in [0.2, 0.25) is 0 Å². The Hall–Kier alpha value is -4.18. The zero-order valence-corrected chi connectivity index (χ0v) is 21.3. The Balaban J connectivity index is 0.000000174.